The maximum Gasteiger partial charge on any atom is 0.338 e. The Balaban J connectivity index is 1.80. The largest absolute Gasteiger partial charge is 0.462 e. The molecule has 0 bridgehead atoms. The van der Waals surface area contributed by atoms with E-state index in [1.807, 2.05) is 18.2 Å². The number of benzene rings is 1. The van der Waals surface area contributed by atoms with E-state index >= 15 is 0 Å². The van der Waals surface area contributed by atoms with E-state index in [-0.39, 0.29) is 5.97 Å². The number of aryl methyl sites for hydroxylation is 2. The van der Waals surface area contributed by atoms with Crippen LogP contribution in [-0.2, 0) is 17.6 Å². The summed E-state index contributed by atoms with van der Waals surface area (Å²) in [5.41, 5.74) is 4.36. The van der Waals surface area contributed by atoms with Crippen LogP contribution in [0.15, 0.2) is 18.2 Å². The summed E-state index contributed by atoms with van der Waals surface area (Å²) in [6.07, 6.45) is 5.62. The second-order valence-corrected chi connectivity index (χ2v) is 5.45. The van der Waals surface area contributed by atoms with Gasteiger partial charge in [0.25, 0.3) is 0 Å². The van der Waals surface area contributed by atoms with Crippen molar-refractivity contribution < 1.29 is 9.53 Å². The Kier molecular flexibility index (Phi) is 3.92. The molecule has 3 rings (SSSR count). The first-order chi connectivity index (χ1) is 10.3. The number of H-pyrrole nitrogens is 1. The number of aromatic amines is 1. The Morgan fingerprint density at radius 2 is 2.19 bits per heavy atom. The van der Waals surface area contributed by atoms with E-state index in [2.05, 4.69) is 4.98 Å². The normalized spacial score (nSPS) is 13.7. The fourth-order valence-corrected chi connectivity index (χ4v) is 2.93. The van der Waals surface area contributed by atoms with Gasteiger partial charge < -0.3 is 9.72 Å². The number of carbonyl (C=O) groups excluding carboxylic acids is 1. The van der Waals surface area contributed by atoms with Crippen LogP contribution >= 0.6 is 0 Å². The van der Waals surface area contributed by atoms with Crippen LogP contribution in [0.1, 0.15) is 47.3 Å². The standard InChI is InChI=1S/C17H18N2O2/c18-9-3-4-10-21-17(20)12-7-8-16-14(11-12)13-5-1-2-6-15(13)19-16/h7-8,11,19H,1-6,10H2. The summed E-state index contributed by atoms with van der Waals surface area (Å²) in [7, 11) is 0. The van der Waals surface area contributed by atoms with Gasteiger partial charge in [0.1, 0.15) is 0 Å². The average molecular weight is 282 g/mol. The highest BCUT2D eigenvalue weighted by atomic mass is 16.5. The molecule has 21 heavy (non-hydrogen) atoms. The van der Waals surface area contributed by atoms with Crippen molar-refractivity contribution in [3.05, 3.63) is 35.0 Å². The van der Waals surface area contributed by atoms with Crippen molar-refractivity contribution in [2.45, 2.75) is 38.5 Å². The van der Waals surface area contributed by atoms with Crippen LogP contribution in [0.25, 0.3) is 10.9 Å². The molecule has 0 aliphatic heterocycles. The highest BCUT2D eigenvalue weighted by Crippen LogP contribution is 2.29. The lowest BCUT2D eigenvalue weighted by atomic mass is 9.95. The van der Waals surface area contributed by atoms with Gasteiger partial charge in [-0.1, -0.05) is 0 Å². The van der Waals surface area contributed by atoms with Crippen LogP contribution < -0.4 is 0 Å². The predicted octanol–water partition coefficient (Wildman–Crippen LogP) is 3.51. The summed E-state index contributed by atoms with van der Waals surface area (Å²) in [6.45, 7) is 0.301. The van der Waals surface area contributed by atoms with E-state index in [1.165, 1.54) is 24.1 Å². The van der Waals surface area contributed by atoms with Crippen molar-refractivity contribution >= 4 is 16.9 Å². The minimum atomic E-state index is -0.305. The van der Waals surface area contributed by atoms with Gasteiger partial charge in [-0.05, 0) is 55.9 Å². The Hall–Kier alpha value is -2.28. The Labute approximate surface area is 123 Å². The molecular weight excluding hydrogens is 264 g/mol. The van der Waals surface area contributed by atoms with Crippen molar-refractivity contribution in [2.75, 3.05) is 6.61 Å². The molecule has 1 heterocycles. The fraction of sp³-hybridized carbons (Fsp3) is 0.412. The smallest absolute Gasteiger partial charge is 0.338 e. The van der Waals surface area contributed by atoms with Crippen LogP contribution in [0.4, 0.5) is 0 Å². The quantitative estimate of drug-likeness (QED) is 0.689. The molecule has 1 aromatic carbocycles. The summed E-state index contributed by atoms with van der Waals surface area (Å²) in [4.78, 5) is 15.5. The van der Waals surface area contributed by atoms with Crippen molar-refractivity contribution in [1.82, 2.24) is 4.98 Å². The second-order valence-electron chi connectivity index (χ2n) is 5.45. The molecule has 1 aliphatic rings. The number of hydrogen-bond acceptors (Lipinski definition) is 3. The second kappa shape index (κ2) is 6.01. The predicted molar refractivity (Wildman–Crippen MR) is 80.1 cm³/mol. The van der Waals surface area contributed by atoms with Gasteiger partial charge in [0.05, 0.1) is 18.2 Å². The van der Waals surface area contributed by atoms with Crippen LogP contribution in [0.3, 0.4) is 0 Å². The number of carbonyl (C=O) groups is 1. The van der Waals surface area contributed by atoms with Crippen molar-refractivity contribution in [1.29, 1.82) is 5.26 Å². The number of nitrogens with zero attached hydrogens (tertiary/aromatic N) is 1. The van der Waals surface area contributed by atoms with Gasteiger partial charge in [-0.2, -0.15) is 5.26 Å². The third kappa shape index (κ3) is 2.78. The Bertz CT molecular complexity index is 709. The molecule has 108 valence electrons. The zero-order valence-electron chi connectivity index (χ0n) is 11.9. The molecular formula is C17H18N2O2. The number of rotatable bonds is 4. The Morgan fingerprint density at radius 3 is 3.05 bits per heavy atom. The molecule has 4 heteroatoms. The van der Waals surface area contributed by atoms with Gasteiger partial charge in [0.2, 0.25) is 0 Å². The Morgan fingerprint density at radius 1 is 1.33 bits per heavy atom. The van der Waals surface area contributed by atoms with Crippen molar-refractivity contribution in [3.63, 3.8) is 0 Å². The third-order valence-corrected chi connectivity index (χ3v) is 4.00. The molecule has 1 aliphatic carbocycles. The number of nitrogens with one attached hydrogen (secondary N) is 1. The first kappa shape index (κ1) is 13.7. The topological polar surface area (TPSA) is 65.9 Å². The number of hydrogen-bond donors (Lipinski definition) is 1. The average Bonchev–Trinajstić information content (AvgIpc) is 2.89. The van der Waals surface area contributed by atoms with Gasteiger partial charge in [0, 0.05) is 23.0 Å². The van der Waals surface area contributed by atoms with Gasteiger partial charge in [-0.25, -0.2) is 4.79 Å². The number of esters is 1. The molecule has 0 unspecified atom stereocenters. The van der Waals surface area contributed by atoms with Crippen LogP contribution in [-0.4, -0.2) is 17.6 Å². The van der Waals surface area contributed by atoms with Crippen LogP contribution in [0.2, 0.25) is 0 Å². The number of unbranched alkanes of at least 4 members (excludes halogenated alkanes) is 1. The molecule has 4 nitrogen and oxygen atoms in total. The maximum atomic E-state index is 12.0. The minimum Gasteiger partial charge on any atom is -0.462 e. The van der Waals surface area contributed by atoms with Gasteiger partial charge in [-0.15, -0.1) is 0 Å². The van der Waals surface area contributed by atoms with Gasteiger partial charge in [0.15, 0.2) is 0 Å². The summed E-state index contributed by atoms with van der Waals surface area (Å²) < 4.78 is 5.20. The molecule has 0 fully saturated rings. The summed E-state index contributed by atoms with van der Waals surface area (Å²) in [5, 5.41) is 9.61. The molecule has 0 amide bonds. The first-order valence-electron chi connectivity index (χ1n) is 7.47. The zero-order chi connectivity index (χ0) is 14.7. The zero-order valence-corrected chi connectivity index (χ0v) is 11.9. The number of aromatic nitrogens is 1. The minimum absolute atomic E-state index is 0.301. The first-order valence-corrected chi connectivity index (χ1v) is 7.47. The van der Waals surface area contributed by atoms with Crippen LogP contribution in [0.5, 0.6) is 0 Å². The molecule has 2 aromatic rings. The maximum absolute atomic E-state index is 12.0. The molecule has 0 spiro atoms. The summed E-state index contributed by atoms with van der Waals surface area (Å²) in [5.74, 6) is -0.305. The van der Waals surface area contributed by atoms with Crippen molar-refractivity contribution in [3.8, 4) is 6.07 Å². The monoisotopic (exact) mass is 282 g/mol. The molecule has 1 N–H and O–H groups in total. The van der Waals surface area contributed by atoms with E-state index in [4.69, 9.17) is 10.00 Å². The molecule has 0 saturated heterocycles. The summed E-state index contributed by atoms with van der Waals surface area (Å²) >= 11 is 0. The molecule has 0 saturated carbocycles. The van der Waals surface area contributed by atoms with Gasteiger partial charge in [-0.3, -0.25) is 0 Å². The fourth-order valence-electron chi connectivity index (χ4n) is 2.93. The molecule has 1 aromatic heterocycles. The van der Waals surface area contributed by atoms with E-state index in [0.29, 0.717) is 25.0 Å². The van der Waals surface area contributed by atoms with Gasteiger partial charge >= 0.3 is 5.97 Å². The third-order valence-electron chi connectivity index (χ3n) is 4.00. The SMILES string of the molecule is N#CCCCOC(=O)c1ccc2[nH]c3c(c2c1)CCCC3. The lowest BCUT2D eigenvalue weighted by Crippen LogP contribution is -2.06. The number of nitriles is 1. The lowest BCUT2D eigenvalue weighted by molar-refractivity contribution is 0.0502. The van der Waals surface area contributed by atoms with Crippen molar-refractivity contribution in [2.24, 2.45) is 0 Å². The van der Waals surface area contributed by atoms with E-state index in [0.717, 1.165) is 23.7 Å². The van der Waals surface area contributed by atoms with E-state index < -0.39 is 0 Å². The number of fused-ring (bicyclic) bond motifs is 3. The highest BCUT2D eigenvalue weighted by Gasteiger charge is 2.17. The molecule has 0 radical (unpaired) electrons. The lowest BCUT2D eigenvalue weighted by Gasteiger charge is -2.10. The van der Waals surface area contributed by atoms with E-state index in [1.54, 1.807) is 6.07 Å². The molecule has 0 atom stereocenters. The summed E-state index contributed by atoms with van der Waals surface area (Å²) in [6, 6.07) is 7.73. The number of ether oxygens (including phenoxy) is 1. The van der Waals surface area contributed by atoms with E-state index in [9.17, 15) is 4.79 Å². The highest BCUT2D eigenvalue weighted by molar-refractivity contribution is 5.96. The van der Waals surface area contributed by atoms with Crippen LogP contribution in [0, 0.1) is 11.3 Å².